The van der Waals surface area contributed by atoms with Crippen LogP contribution in [-0.2, 0) is 0 Å². The molecule has 1 atom stereocenters. The Morgan fingerprint density at radius 3 is 2.38 bits per heavy atom. The molecule has 2 nitrogen and oxygen atoms in total. The lowest BCUT2D eigenvalue weighted by Crippen LogP contribution is -2.05. The van der Waals surface area contributed by atoms with Gasteiger partial charge in [-0.15, -0.1) is 0 Å². The summed E-state index contributed by atoms with van der Waals surface area (Å²) in [7, 11) is 1.68. The van der Waals surface area contributed by atoms with E-state index in [9.17, 15) is 5.11 Å². The zero-order valence-corrected chi connectivity index (χ0v) is 10.2. The van der Waals surface area contributed by atoms with Crippen molar-refractivity contribution in [1.82, 2.24) is 0 Å². The number of aliphatic hydroxyl groups is 1. The maximum atomic E-state index is 10.2. The highest BCUT2D eigenvalue weighted by Crippen LogP contribution is 2.45. The summed E-state index contributed by atoms with van der Waals surface area (Å²) < 4.78 is 5.48. The molecule has 0 aromatic heterocycles. The second-order valence-electron chi connectivity index (χ2n) is 4.91. The summed E-state index contributed by atoms with van der Waals surface area (Å²) in [5, 5.41) is 10.2. The van der Waals surface area contributed by atoms with Crippen LogP contribution in [-0.4, -0.2) is 12.2 Å². The zero-order chi connectivity index (χ0) is 11.7. The summed E-state index contributed by atoms with van der Waals surface area (Å²) in [5.41, 5.74) is 2.14. The van der Waals surface area contributed by atoms with Crippen molar-refractivity contribution in [1.29, 1.82) is 0 Å². The Labute approximate surface area is 97.3 Å². The van der Waals surface area contributed by atoms with Gasteiger partial charge in [-0.3, -0.25) is 0 Å². The van der Waals surface area contributed by atoms with E-state index in [2.05, 4.69) is 19.9 Å². The first kappa shape index (κ1) is 11.5. The van der Waals surface area contributed by atoms with Gasteiger partial charge in [0.2, 0.25) is 0 Å². The third-order valence-electron chi connectivity index (χ3n) is 3.29. The van der Waals surface area contributed by atoms with Crippen LogP contribution in [0, 0.1) is 5.92 Å². The Bertz CT molecular complexity index is 367. The van der Waals surface area contributed by atoms with E-state index in [4.69, 9.17) is 4.74 Å². The van der Waals surface area contributed by atoms with E-state index in [1.54, 1.807) is 7.11 Å². The summed E-state index contributed by atoms with van der Waals surface area (Å²) in [6, 6.07) is 6.07. The van der Waals surface area contributed by atoms with E-state index in [0.29, 0.717) is 11.8 Å². The van der Waals surface area contributed by atoms with Gasteiger partial charge in [-0.1, -0.05) is 32.0 Å². The largest absolute Gasteiger partial charge is 0.496 e. The minimum atomic E-state index is -0.353. The molecule has 1 fully saturated rings. The van der Waals surface area contributed by atoms with Crippen LogP contribution in [0.1, 0.15) is 49.8 Å². The highest BCUT2D eigenvalue weighted by Gasteiger charge is 2.33. The molecule has 0 bridgehead atoms. The van der Waals surface area contributed by atoms with Crippen molar-refractivity contribution in [2.75, 3.05) is 7.11 Å². The van der Waals surface area contributed by atoms with E-state index in [1.807, 2.05) is 12.1 Å². The number of ether oxygens (including phenoxy) is 1. The third-order valence-corrected chi connectivity index (χ3v) is 3.29. The molecular weight excluding hydrogens is 200 g/mol. The molecular formula is C14H20O2. The summed E-state index contributed by atoms with van der Waals surface area (Å²) in [5.74, 6) is 1.73. The minimum absolute atomic E-state index is 0.353. The van der Waals surface area contributed by atoms with Crippen molar-refractivity contribution >= 4 is 0 Å². The van der Waals surface area contributed by atoms with Gasteiger partial charge in [0.15, 0.2) is 0 Å². The summed E-state index contributed by atoms with van der Waals surface area (Å²) in [4.78, 5) is 0. The van der Waals surface area contributed by atoms with Crippen molar-refractivity contribution in [3.63, 3.8) is 0 Å². The van der Waals surface area contributed by atoms with E-state index in [-0.39, 0.29) is 6.10 Å². The maximum Gasteiger partial charge on any atom is 0.128 e. The lowest BCUT2D eigenvalue weighted by Gasteiger charge is -2.19. The van der Waals surface area contributed by atoms with Gasteiger partial charge in [0, 0.05) is 5.56 Å². The number of aliphatic hydroxyl groups excluding tert-OH is 1. The fraction of sp³-hybridized carbons (Fsp3) is 0.571. The predicted molar refractivity (Wildman–Crippen MR) is 64.8 cm³/mol. The topological polar surface area (TPSA) is 29.5 Å². The van der Waals surface area contributed by atoms with Crippen LogP contribution in [0.25, 0.3) is 0 Å². The first-order valence-electron chi connectivity index (χ1n) is 6.00. The maximum absolute atomic E-state index is 10.2. The molecule has 16 heavy (non-hydrogen) atoms. The Morgan fingerprint density at radius 2 is 1.88 bits per heavy atom. The highest BCUT2D eigenvalue weighted by atomic mass is 16.5. The third kappa shape index (κ3) is 2.07. The highest BCUT2D eigenvalue weighted by molar-refractivity contribution is 5.44. The van der Waals surface area contributed by atoms with Gasteiger partial charge in [0.05, 0.1) is 13.2 Å². The van der Waals surface area contributed by atoms with Crippen molar-refractivity contribution in [3.8, 4) is 5.75 Å². The van der Waals surface area contributed by atoms with Crippen molar-refractivity contribution < 1.29 is 9.84 Å². The lowest BCUT2D eigenvalue weighted by molar-refractivity contribution is 0.149. The second kappa shape index (κ2) is 4.46. The predicted octanol–water partition coefficient (Wildman–Crippen LogP) is 3.26. The van der Waals surface area contributed by atoms with Gasteiger partial charge in [-0.05, 0) is 30.2 Å². The number of hydrogen-bond donors (Lipinski definition) is 1. The monoisotopic (exact) mass is 220 g/mol. The van der Waals surface area contributed by atoms with E-state index in [1.165, 1.54) is 5.56 Å². The Morgan fingerprint density at radius 1 is 1.25 bits per heavy atom. The van der Waals surface area contributed by atoms with Crippen LogP contribution in [0.5, 0.6) is 5.75 Å². The molecule has 0 saturated heterocycles. The first-order chi connectivity index (χ1) is 7.65. The van der Waals surface area contributed by atoms with Gasteiger partial charge >= 0.3 is 0 Å². The van der Waals surface area contributed by atoms with Crippen LogP contribution in [0.15, 0.2) is 18.2 Å². The van der Waals surface area contributed by atoms with Crippen molar-refractivity contribution in [3.05, 3.63) is 29.3 Å². The second-order valence-corrected chi connectivity index (χ2v) is 4.91. The Balaban J connectivity index is 2.39. The average molecular weight is 220 g/mol. The number of rotatable bonds is 4. The SMILES string of the molecule is COc1c(C(C)C)cccc1C(O)C1CC1. The van der Waals surface area contributed by atoms with Gasteiger partial charge in [0.25, 0.3) is 0 Å². The Kier molecular flexibility index (Phi) is 3.20. The standard InChI is InChI=1S/C14H20O2/c1-9(2)11-5-4-6-12(14(11)16-3)13(15)10-7-8-10/h4-6,9-10,13,15H,7-8H2,1-3H3. The molecule has 2 rings (SSSR count). The molecule has 0 spiro atoms. The molecule has 2 heteroatoms. The number of hydrogen-bond acceptors (Lipinski definition) is 2. The molecule has 1 aromatic carbocycles. The van der Waals surface area contributed by atoms with Crippen molar-refractivity contribution in [2.24, 2.45) is 5.92 Å². The molecule has 1 N–H and O–H groups in total. The van der Waals surface area contributed by atoms with Crippen LogP contribution in [0.4, 0.5) is 0 Å². The normalized spacial score (nSPS) is 17.6. The summed E-state index contributed by atoms with van der Waals surface area (Å²) in [6.07, 6.45) is 1.92. The average Bonchev–Trinajstić information content (AvgIpc) is 3.10. The van der Waals surface area contributed by atoms with Crippen molar-refractivity contribution in [2.45, 2.75) is 38.7 Å². The van der Waals surface area contributed by atoms with E-state index >= 15 is 0 Å². The zero-order valence-electron chi connectivity index (χ0n) is 10.2. The molecule has 1 aliphatic rings. The van der Waals surface area contributed by atoms with Gasteiger partial charge in [-0.2, -0.15) is 0 Å². The van der Waals surface area contributed by atoms with E-state index < -0.39 is 0 Å². The molecule has 1 unspecified atom stereocenters. The number of benzene rings is 1. The summed E-state index contributed by atoms with van der Waals surface area (Å²) in [6.45, 7) is 4.29. The minimum Gasteiger partial charge on any atom is -0.496 e. The van der Waals surface area contributed by atoms with E-state index in [0.717, 1.165) is 24.2 Å². The number of para-hydroxylation sites is 1. The van der Waals surface area contributed by atoms with Gasteiger partial charge < -0.3 is 9.84 Å². The van der Waals surface area contributed by atoms with Crippen LogP contribution < -0.4 is 4.74 Å². The molecule has 0 aliphatic heterocycles. The molecule has 0 radical (unpaired) electrons. The molecule has 1 aromatic rings. The smallest absolute Gasteiger partial charge is 0.128 e. The van der Waals surface area contributed by atoms with Gasteiger partial charge in [0.1, 0.15) is 5.75 Å². The molecule has 0 heterocycles. The van der Waals surface area contributed by atoms with Gasteiger partial charge in [-0.25, -0.2) is 0 Å². The quantitative estimate of drug-likeness (QED) is 0.844. The van der Waals surface area contributed by atoms with Crippen LogP contribution >= 0.6 is 0 Å². The first-order valence-corrected chi connectivity index (χ1v) is 6.00. The Hall–Kier alpha value is -1.02. The summed E-state index contributed by atoms with van der Waals surface area (Å²) >= 11 is 0. The molecule has 1 saturated carbocycles. The lowest BCUT2D eigenvalue weighted by atomic mass is 9.95. The fourth-order valence-corrected chi connectivity index (χ4v) is 2.16. The molecule has 0 amide bonds. The fourth-order valence-electron chi connectivity index (χ4n) is 2.16. The number of methoxy groups -OCH3 is 1. The van der Waals surface area contributed by atoms with Crippen LogP contribution in [0.2, 0.25) is 0 Å². The molecule has 88 valence electrons. The molecule has 1 aliphatic carbocycles. The van der Waals surface area contributed by atoms with Crippen LogP contribution in [0.3, 0.4) is 0 Å².